The van der Waals surface area contributed by atoms with E-state index in [4.69, 9.17) is 4.42 Å². The van der Waals surface area contributed by atoms with Crippen LogP contribution in [0.1, 0.15) is 49.1 Å². The average Bonchev–Trinajstić information content (AvgIpc) is 2.54. The molecular formula is C12H16O2S. The largest absolute Gasteiger partial charge is 0.447 e. The highest BCUT2D eigenvalue weighted by atomic mass is 32.2. The summed E-state index contributed by atoms with van der Waals surface area (Å²) >= 11 is 1.79. The number of furan rings is 1. The lowest BCUT2D eigenvalue weighted by Gasteiger charge is -2.10. The van der Waals surface area contributed by atoms with Crippen LogP contribution in [-0.2, 0) is 0 Å². The molecule has 0 N–H and O–H groups in total. The van der Waals surface area contributed by atoms with Crippen LogP contribution in [0.25, 0.3) is 0 Å². The third kappa shape index (κ3) is 3.13. The number of carbonyl (C=O) groups excluding carboxylic acids is 1. The molecule has 0 bridgehead atoms. The predicted octanol–water partition coefficient (Wildman–Crippen LogP) is 3.91. The summed E-state index contributed by atoms with van der Waals surface area (Å²) in [4.78, 5) is 10.5. The van der Waals surface area contributed by atoms with Crippen LogP contribution in [0, 0.1) is 0 Å². The first kappa shape index (κ1) is 10.8. The highest BCUT2D eigenvalue weighted by molar-refractivity contribution is 7.99. The highest BCUT2D eigenvalue weighted by Gasteiger charge is 2.15. The van der Waals surface area contributed by atoms with Crippen LogP contribution in [0.15, 0.2) is 21.6 Å². The molecule has 0 amide bonds. The van der Waals surface area contributed by atoms with Gasteiger partial charge in [0.1, 0.15) is 0 Å². The summed E-state index contributed by atoms with van der Waals surface area (Å²) in [5.74, 6) is 0.436. The molecule has 1 aromatic rings. The maximum Gasteiger partial charge on any atom is 0.185 e. The standard InChI is InChI=1S/C12H16O2S/c13-9-10-7-8-12(14-10)15-11-5-3-1-2-4-6-11/h7-9,11H,1-6H2. The van der Waals surface area contributed by atoms with Crippen molar-refractivity contribution >= 4 is 18.0 Å². The van der Waals surface area contributed by atoms with Crippen LogP contribution < -0.4 is 0 Å². The van der Waals surface area contributed by atoms with E-state index >= 15 is 0 Å². The van der Waals surface area contributed by atoms with Gasteiger partial charge in [0.2, 0.25) is 0 Å². The van der Waals surface area contributed by atoms with Gasteiger partial charge in [0.25, 0.3) is 0 Å². The second-order valence-electron chi connectivity index (χ2n) is 4.01. The molecule has 15 heavy (non-hydrogen) atoms. The van der Waals surface area contributed by atoms with Gasteiger partial charge in [-0.1, -0.05) is 37.4 Å². The first-order valence-electron chi connectivity index (χ1n) is 5.60. The minimum Gasteiger partial charge on any atom is -0.447 e. The van der Waals surface area contributed by atoms with E-state index in [1.54, 1.807) is 17.8 Å². The normalized spacial score (nSPS) is 18.7. The molecule has 1 fully saturated rings. The Hall–Kier alpha value is -0.700. The van der Waals surface area contributed by atoms with Crippen LogP contribution in [0.2, 0.25) is 0 Å². The van der Waals surface area contributed by atoms with E-state index in [1.807, 2.05) is 6.07 Å². The van der Waals surface area contributed by atoms with Crippen LogP contribution >= 0.6 is 11.8 Å². The number of aldehydes is 1. The van der Waals surface area contributed by atoms with Gasteiger partial charge >= 0.3 is 0 Å². The molecule has 0 atom stereocenters. The van der Waals surface area contributed by atoms with Crippen molar-refractivity contribution in [3.05, 3.63) is 17.9 Å². The summed E-state index contributed by atoms with van der Waals surface area (Å²) in [5.41, 5.74) is 0. The quantitative estimate of drug-likeness (QED) is 0.576. The van der Waals surface area contributed by atoms with Crippen molar-refractivity contribution in [2.75, 3.05) is 0 Å². The van der Waals surface area contributed by atoms with E-state index in [1.165, 1.54) is 38.5 Å². The smallest absolute Gasteiger partial charge is 0.185 e. The maximum absolute atomic E-state index is 10.5. The molecule has 1 aromatic heterocycles. The molecule has 0 spiro atoms. The van der Waals surface area contributed by atoms with E-state index in [9.17, 15) is 4.79 Å². The summed E-state index contributed by atoms with van der Waals surface area (Å²) < 4.78 is 5.37. The molecule has 0 aromatic carbocycles. The molecule has 2 rings (SSSR count). The molecule has 0 unspecified atom stereocenters. The number of hydrogen-bond donors (Lipinski definition) is 0. The van der Waals surface area contributed by atoms with Gasteiger partial charge in [-0.05, 0) is 25.0 Å². The fourth-order valence-corrected chi connectivity index (χ4v) is 3.17. The summed E-state index contributed by atoms with van der Waals surface area (Å²) in [6, 6.07) is 3.64. The zero-order valence-electron chi connectivity index (χ0n) is 8.78. The number of carbonyl (C=O) groups is 1. The zero-order valence-corrected chi connectivity index (χ0v) is 9.59. The lowest BCUT2D eigenvalue weighted by Crippen LogP contribution is -1.98. The third-order valence-corrected chi connectivity index (χ3v) is 4.06. The Morgan fingerprint density at radius 1 is 1.20 bits per heavy atom. The molecular weight excluding hydrogens is 208 g/mol. The van der Waals surface area contributed by atoms with Crippen LogP contribution in [0.3, 0.4) is 0 Å². The Bertz CT molecular complexity index is 311. The fraction of sp³-hybridized carbons (Fsp3) is 0.583. The molecule has 1 aliphatic rings. The third-order valence-electron chi connectivity index (χ3n) is 2.80. The van der Waals surface area contributed by atoms with Crippen molar-refractivity contribution in [2.45, 2.75) is 48.9 Å². The Morgan fingerprint density at radius 3 is 2.53 bits per heavy atom. The molecule has 0 saturated heterocycles. The average molecular weight is 224 g/mol. The second kappa shape index (κ2) is 5.40. The van der Waals surface area contributed by atoms with Crippen LogP contribution in [0.5, 0.6) is 0 Å². The minimum absolute atomic E-state index is 0.436. The van der Waals surface area contributed by atoms with E-state index in [0.29, 0.717) is 11.0 Å². The maximum atomic E-state index is 10.5. The Kier molecular flexibility index (Phi) is 3.89. The van der Waals surface area contributed by atoms with Gasteiger partial charge in [0.05, 0.1) is 0 Å². The molecule has 3 heteroatoms. The van der Waals surface area contributed by atoms with Gasteiger partial charge in [-0.15, -0.1) is 0 Å². The van der Waals surface area contributed by atoms with Crippen molar-refractivity contribution in [2.24, 2.45) is 0 Å². The Balaban J connectivity index is 1.91. The number of thioether (sulfide) groups is 1. The van der Waals surface area contributed by atoms with Gasteiger partial charge in [0, 0.05) is 5.25 Å². The van der Waals surface area contributed by atoms with Gasteiger partial charge in [-0.25, -0.2) is 0 Å². The van der Waals surface area contributed by atoms with Gasteiger partial charge in [0.15, 0.2) is 17.1 Å². The second-order valence-corrected chi connectivity index (χ2v) is 5.31. The van der Waals surface area contributed by atoms with E-state index in [-0.39, 0.29) is 0 Å². The summed E-state index contributed by atoms with van der Waals surface area (Å²) in [7, 11) is 0. The molecule has 82 valence electrons. The minimum atomic E-state index is 0.436. The fourth-order valence-electron chi connectivity index (χ4n) is 1.99. The lowest BCUT2D eigenvalue weighted by molar-refractivity contribution is 0.109. The summed E-state index contributed by atoms with van der Waals surface area (Å²) in [5, 5.41) is 1.57. The molecule has 0 radical (unpaired) electrons. The van der Waals surface area contributed by atoms with Crippen molar-refractivity contribution in [3.8, 4) is 0 Å². The molecule has 1 saturated carbocycles. The Labute approximate surface area is 94.4 Å². The Morgan fingerprint density at radius 2 is 1.93 bits per heavy atom. The predicted molar refractivity (Wildman–Crippen MR) is 61.4 cm³/mol. The molecule has 1 aliphatic carbocycles. The van der Waals surface area contributed by atoms with Crippen LogP contribution in [0.4, 0.5) is 0 Å². The van der Waals surface area contributed by atoms with Crippen LogP contribution in [-0.4, -0.2) is 11.5 Å². The zero-order chi connectivity index (χ0) is 10.5. The molecule has 1 heterocycles. The van der Waals surface area contributed by atoms with Crippen molar-refractivity contribution in [1.29, 1.82) is 0 Å². The molecule has 0 aliphatic heterocycles. The van der Waals surface area contributed by atoms with E-state index in [0.717, 1.165) is 11.4 Å². The van der Waals surface area contributed by atoms with Gasteiger partial charge in [-0.2, -0.15) is 0 Å². The SMILES string of the molecule is O=Cc1ccc(SC2CCCCCC2)o1. The van der Waals surface area contributed by atoms with Crippen molar-refractivity contribution < 1.29 is 9.21 Å². The number of rotatable bonds is 3. The lowest BCUT2D eigenvalue weighted by atomic mass is 10.2. The van der Waals surface area contributed by atoms with Crippen molar-refractivity contribution in [3.63, 3.8) is 0 Å². The summed E-state index contributed by atoms with van der Waals surface area (Å²) in [6.45, 7) is 0. The monoisotopic (exact) mass is 224 g/mol. The van der Waals surface area contributed by atoms with Gasteiger partial charge < -0.3 is 4.42 Å². The topological polar surface area (TPSA) is 30.2 Å². The first-order chi connectivity index (χ1) is 7.38. The summed E-state index contributed by atoms with van der Waals surface area (Å²) in [6.07, 6.45) is 8.72. The highest BCUT2D eigenvalue weighted by Crippen LogP contribution is 2.33. The number of hydrogen-bond acceptors (Lipinski definition) is 3. The first-order valence-corrected chi connectivity index (χ1v) is 6.48. The molecule has 2 nitrogen and oxygen atoms in total. The van der Waals surface area contributed by atoms with Crippen molar-refractivity contribution in [1.82, 2.24) is 0 Å². The van der Waals surface area contributed by atoms with E-state index < -0.39 is 0 Å². The van der Waals surface area contributed by atoms with E-state index in [2.05, 4.69) is 0 Å². The van der Waals surface area contributed by atoms with Gasteiger partial charge in [-0.3, -0.25) is 4.79 Å².